The highest BCUT2D eigenvalue weighted by Crippen LogP contribution is 2.17. The number of hydrogen-bond donors (Lipinski definition) is 0. The van der Waals surface area contributed by atoms with Gasteiger partial charge in [-0.1, -0.05) is 55.3 Å². The lowest BCUT2D eigenvalue weighted by atomic mass is 10.0. The number of esters is 1. The van der Waals surface area contributed by atoms with Crippen LogP contribution in [0.3, 0.4) is 0 Å². The standard InChI is InChI=1S/C24H34ClNO5/c1-19(30-22-16-14-20(25)15-17-22)24(28)31-26-21-11-8-6-4-2-3-5-7-9-13-23(27)29-18-10-12-21/h14-17,19H,2-13,18H2,1H3/b26-21-. The summed E-state index contributed by atoms with van der Waals surface area (Å²) < 4.78 is 10.9. The molecule has 1 unspecified atom stereocenters. The molecule has 0 amide bonds. The lowest BCUT2D eigenvalue weighted by molar-refractivity contribution is -0.151. The molecule has 1 atom stereocenters. The van der Waals surface area contributed by atoms with Gasteiger partial charge in [-0.2, -0.15) is 0 Å². The molecule has 0 aliphatic carbocycles. The van der Waals surface area contributed by atoms with Crippen LogP contribution in [0.4, 0.5) is 0 Å². The Morgan fingerprint density at radius 1 is 0.935 bits per heavy atom. The first-order valence-corrected chi connectivity index (χ1v) is 11.8. The maximum atomic E-state index is 12.3. The summed E-state index contributed by atoms with van der Waals surface area (Å²) in [5, 5.41) is 4.70. The van der Waals surface area contributed by atoms with Crippen molar-refractivity contribution >= 4 is 29.3 Å². The van der Waals surface area contributed by atoms with Gasteiger partial charge in [-0.3, -0.25) is 4.79 Å². The maximum Gasteiger partial charge on any atom is 0.374 e. The van der Waals surface area contributed by atoms with Crippen molar-refractivity contribution in [2.45, 2.75) is 90.1 Å². The van der Waals surface area contributed by atoms with Crippen molar-refractivity contribution in [2.75, 3.05) is 6.61 Å². The van der Waals surface area contributed by atoms with Gasteiger partial charge in [0.05, 0.1) is 12.3 Å². The summed E-state index contributed by atoms with van der Waals surface area (Å²) in [7, 11) is 0. The summed E-state index contributed by atoms with van der Waals surface area (Å²) in [6.07, 6.45) is 10.7. The zero-order valence-electron chi connectivity index (χ0n) is 18.4. The number of nitrogens with zero attached hydrogens (tertiary/aromatic N) is 1. The number of carbonyl (C=O) groups excluding carboxylic acids is 2. The van der Waals surface area contributed by atoms with Crippen molar-refractivity contribution in [1.29, 1.82) is 0 Å². The van der Waals surface area contributed by atoms with E-state index in [2.05, 4.69) is 5.16 Å². The molecule has 2 rings (SSSR count). The molecule has 0 bridgehead atoms. The smallest absolute Gasteiger partial charge is 0.374 e. The van der Waals surface area contributed by atoms with Crippen molar-refractivity contribution < 1.29 is 23.9 Å². The van der Waals surface area contributed by atoms with Gasteiger partial charge in [0.15, 0.2) is 6.10 Å². The van der Waals surface area contributed by atoms with Crippen LogP contribution in [0, 0.1) is 0 Å². The van der Waals surface area contributed by atoms with E-state index in [0.29, 0.717) is 36.6 Å². The van der Waals surface area contributed by atoms with E-state index in [0.717, 1.165) is 37.8 Å². The third-order valence-corrected chi connectivity index (χ3v) is 5.44. The minimum Gasteiger partial charge on any atom is -0.479 e. The predicted molar refractivity (Wildman–Crippen MR) is 121 cm³/mol. The van der Waals surface area contributed by atoms with Crippen molar-refractivity contribution in [3.05, 3.63) is 29.3 Å². The Morgan fingerprint density at radius 3 is 2.19 bits per heavy atom. The van der Waals surface area contributed by atoms with Gasteiger partial charge in [-0.15, -0.1) is 0 Å². The molecule has 1 aromatic carbocycles. The molecule has 0 saturated carbocycles. The molecule has 0 N–H and O–H groups in total. The van der Waals surface area contributed by atoms with Gasteiger partial charge in [-0.05, 0) is 63.3 Å². The van der Waals surface area contributed by atoms with Crippen molar-refractivity contribution in [3.63, 3.8) is 0 Å². The second-order valence-electron chi connectivity index (χ2n) is 7.93. The summed E-state index contributed by atoms with van der Waals surface area (Å²) in [4.78, 5) is 29.2. The van der Waals surface area contributed by atoms with Crippen LogP contribution in [0.1, 0.15) is 84.0 Å². The van der Waals surface area contributed by atoms with Crippen LogP contribution in [0.15, 0.2) is 29.4 Å². The molecule has 1 heterocycles. The third kappa shape index (κ3) is 11.2. The first kappa shape index (κ1) is 25.2. The van der Waals surface area contributed by atoms with Gasteiger partial charge in [0.25, 0.3) is 0 Å². The summed E-state index contributed by atoms with van der Waals surface area (Å²) in [6.45, 7) is 1.98. The highest BCUT2D eigenvalue weighted by atomic mass is 35.5. The quantitative estimate of drug-likeness (QED) is 0.307. The van der Waals surface area contributed by atoms with Crippen LogP contribution < -0.4 is 4.74 Å². The first-order chi connectivity index (χ1) is 15.0. The number of rotatable bonds is 4. The topological polar surface area (TPSA) is 74.2 Å². The van der Waals surface area contributed by atoms with E-state index in [1.54, 1.807) is 31.2 Å². The van der Waals surface area contributed by atoms with E-state index < -0.39 is 12.1 Å². The monoisotopic (exact) mass is 451 g/mol. The second kappa shape index (κ2) is 14.8. The first-order valence-electron chi connectivity index (χ1n) is 11.4. The fourth-order valence-corrected chi connectivity index (χ4v) is 3.48. The number of carbonyl (C=O) groups is 2. The zero-order valence-corrected chi connectivity index (χ0v) is 19.2. The maximum absolute atomic E-state index is 12.3. The second-order valence-corrected chi connectivity index (χ2v) is 8.37. The molecule has 1 fully saturated rings. The Balaban J connectivity index is 1.85. The van der Waals surface area contributed by atoms with Gasteiger partial charge in [0.1, 0.15) is 5.75 Å². The molecule has 7 heteroatoms. The molecule has 0 radical (unpaired) electrons. The van der Waals surface area contributed by atoms with Crippen molar-refractivity contribution in [1.82, 2.24) is 0 Å². The van der Waals surface area contributed by atoms with E-state index in [1.807, 2.05) is 0 Å². The van der Waals surface area contributed by atoms with Crippen LogP contribution in [0.5, 0.6) is 5.75 Å². The number of benzene rings is 1. The van der Waals surface area contributed by atoms with Crippen LogP contribution in [-0.2, 0) is 19.2 Å². The third-order valence-electron chi connectivity index (χ3n) is 5.19. The van der Waals surface area contributed by atoms with Gasteiger partial charge in [0.2, 0.25) is 0 Å². The number of cyclic esters (lactones) is 1. The number of hydrogen-bond acceptors (Lipinski definition) is 6. The van der Waals surface area contributed by atoms with Crippen LogP contribution in [-0.4, -0.2) is 30.4 Å². The van der Waals surface area contributed by atoms with E-state index >= 15 is 0 Å². The summed E-state index contributed by atoms with van der Waals surface area (Å²) >= 11 is 5.86. The average Bonchev–Trinajstić information content (AvgIpc) is 2.76. The van der Waals surface area contributed by atoms with Crippen LogP contribution in [0.25, 0.3) is 0 Å². The van der Waals surface area contributed by atoms with Gasteiger partial charge in [0, 0.05) is 11.4 Å². The summed E-state index contributed by atoms with van der Waals surface area (Å²) in [5.41, 5.74) is 0.815. The largest absolute Gasteiger partial charge is 0.479 e. The Kier molecular flexibility index (Phi) is 12.1. The van der Waals surface area contributed by atoms with Crippen LogP contribution >= 0.6 is 11.6 Å². The van der Waals surface area contributed by atoms with E-state index in [9.17, 15) is 9.59 Å². The molecular formula is C24H34ClNO5. The van der Waals surface area contributed by atoms with E-state index in [-0.39, 0.29) is 5.97 Å². The zero-order chi connectivity index (χ0) is 22.3. The lowest BCUT2D eigenvalue weighted by Gasteiger charge is -2.13. The molecule has 1 saturated heterocycles. The molecule has 172 valence electrons. The Morgan fingerprint density at radius 2 is 1.52 bits per heavy atom. The van der Waals surface area contributed by atoms with Gasteiger partial charge < -0.3 is 14.3 Å². The molecular weight excluding hydrogens is 418 g/mol. The predicted octanol–water partition coefficient (Wildman–Crippen LogP) is 6.24. The van der Waals surface area contributed by atoms with Crippen molar-refractivity contribution in [2.24, 2.45) is 5.16 Å². The van der Waals surface area contributed by atoms with Crippen molar-refractivity contribution in [3.8, 4) is 5.75 Å². The van der Waals surface area contributed by atoms with E-state index in [4.69, 9.17) is 25.9 Å². The fourth-order valence-electron chi connectivity index (χ4n) is 3.36. The number of ether oxygens (including phenoxy) is 2. The number of halogens is 1. The minimum atomic E-state index is -0.794. The molecule has 1 aliphatic rings. The molecule has 1 aliphatic heterocycles. The summed E-state index contributed by atoms with van der Waals surface area (Å²) in [5.74, 6) is -0.153. The lowest BCUT2D eigenvalue weighted by Crippen LogP contribution is -2.25. The number of oxime groups is 1. The Bertz CT molecular complexity index is 704. The fraction of sp³-hybridized carbons (Fsp3) is 0.625. The van der Waals surface area contributed by atoms with E-state index in [1.165, 1.54) is 25.7 Å². The molecule has 31 heavy (non-hydrogen) atoms. The van der Waals surface area contributed by atoms with Gasteiger partial charge >= 0.3 is 11.9 Å². The minimum absolute atomic E-state index is 0.134. The SMILES string of the molecule is CC(Oc1ccc(Cl)cc1)C(=O)O/N=C1/CCCCCCCCCCC(=O)OCCC1. The summed E-state index contributed by atoms with van der Waals surface area (Å²) in [6, 6.07) is 6.78. The Hall–Kier alpha value is -2.08. The highest BCUT2D eigenvalue weighted by molar-refractivity contribution is 6.30. The Labute approximate surface area is 190 Å². The highest BCUT2D eigenvalue weighted by Gasteiger charge is 2.17. The molecule has 1 aromatic rings. The molecule has 0 spiro atoms. The van der Waals surface area contributed by atoms with Gasteiger partial charge in [-0.25, -0.2) is 4.79 Å². The average molecular weight is 452 g/mol. The molecule has 6 nitrogen and oxygen atoms in total. The normalized spacial score (nSPS) is 19.9. The van der Waals surface area contributed by atoms with Crippen LogP contribution in [0.2, 0.25) is 5.02 Å². The molecule has 0 aromatic heterocycles.